The normalized spacial score (nSPS) is 15.3. The van der Waals surface area contributed by atoms with Gasteiger partial charge in [-0.2, -0.15) is 0 Å². The number of rotatable bonds is 9. The lowest BCUT2D eigenvalue weighted by molar-refractivity contribution is -0.274. The molecule has 0 bridgehead atoms. The van der Waals surface area contributed by atoms with E-state index in [4.69, 9.17) is 22.1 Å². The van der Waals surface area contributed by atoms with Crippen LogP contribution in [0.5, 0.6) is 11.5 Å². The van der Waals surface area contributed by atoms with Gasteiger partial charge in [0.2, 0.25) is 0 Å². The molecule has 0 aliphatic rings. The van der Waals surface area contributed by atoms with Gasteiger partial charge in [0.25, 0.3) is 0 Å². The van der Waals surface area contributed by atoms with Crippen LogP contribution in [0.3, 0.4) is 0 Å². The number of hydrogen-bond donors (Lipinski definition) is 1. The molecule has 0 saturated carbocycles. The van der Waals surface area contributed by atoms with Gasteiger partial charge in [-0.25, -0.2) is 0 Å². The lowest BCUT2D eigenvalue weighted by Crippen LogP contribution is -2.42. The van der Waals surface area contributed by atoms with Crippen LogP contribution < -0.4 is 9.47 Å². The molecular weight excluding hydrogens is 563 g/mol. The van der Waals surface area contributed by atoms with E-state index in [1.807, 2.05) is 39.0 Å². The maximum Gasteiger partial charge on any atom is 0.573 e. The molecule has 42 heavy (non-hydrogen) atoms. The van der Waals surface area contributed by atoms with Gasteiger partial charge in [0.1, 0.15) is 17.1 Å². The first-order valence-corrected chi connectivity index (χ1v) is 14.5. The van der Waals surface area contributed by atoms with Gasteiger partial charge < -0.3 is 18.8 Å². The van der Waals surface area contributed by atoms with E-state index in [0.29, 0.717) is 29.8 Å². The van der Waals surface area contributed by atoms with Crippen molar-refractivity contribution in [3.63, 3.8) is 0 Å². The number of hydrogen-bond acceptors (Lipinski definition) is 5. The summed E-state index contributed by atoms with van der Waals surface area (Å²) in [6.07, 6.45) is -3.80. The van der Waals surface area contributed by atoms with E-state index >= 15 is 0 Å². The van der Waals surface area contributed by atoms with Gasteiger partial charge >= 0.3 is 12.3 Å². The van der Waals surface area contributed by atoms with Crippen molar-refractivity contribution in [2.45, 2.75) is 92.1 Å². The minimum Gasteiger partial charge on any atom is -0.477 e. The summed E-state index contributed by atoms with van der Waals surface area (Å²) in [6.45, 7) is 18.0. The highest BCUT2D eigenvalue weighted by Gasteiger charge is 2.41. The number of para-hydroxylation sites is 1. The van der Waals surface area contributed by atoms with Crippen molar-refractivity contribution in [3.05, 3.63) is 48.5 Å². The van der Waals surface area contributed by atoms with Crippen LogP contribution in [-0.2, 0) is 16.6 Å². The summed E-state index contributed by atoms with van der Waals surface area (Å²) >= 11 is 4.78. The Morgan fingerprint density at radius 1 is 0.905 bits per heavy atom. The summed E-state index contributed by atoms with van der Waals surface area (Å²) in [6, 6.07) is 13.3. The first-order chi connectivity index (χ1) is 19.0. The van der Waals surface area contributed by atoms with Gasteiger partial charge in [0, 0.05) is 30.5 Å². The number of halogens is 3. The zero-order valence-electron chi connectivity index (χ0n) is 26.3. The third-order valence-electron chi connectivity index (χ3n) is 7.02. The van der Waals surface area contributed by atoms with Gasteiger partial charge in [0.15, 0.2) is 4.93 Å². The molecule has 0 radical (unpaired) electrons. The molecule has 0 spiro atoms. The lowest BCUT2D eigenvalue weighted by Gasteiger charge is -2.38. The third kappa shape index (κ3) is 9.09. The van der Waals surface area contributed by atoms with Gasteiger partial charge in [-0.05, 0) is 68.4 Å². The van der Waals surface area contributed by atoms with Crippen LogP contribution in [0.15, 0.2) is 48.5 Å². The van der Waals surface area contributed by atoms with Crippen LogP contribution in [0, 0.1) is 16.7 Å². The number of fused-ring (bicyclic) bond motifs is 1. The Bertz CT molecular complexity index is 1410. The van der Waals surface area contributed by atoms with Crippen molar-refractivity contribution < 1.29 is 32.2 Å². The van der Waals surface area contributed by atoms with Crippen LogP contribution in [0.1, 0.15) is 75.2 Å². The van der Waals surface area contributed by atoms with Crippen LogP contribution in [0.25, 0.3) is 22.2 Å². The van der Waals surface area contributed by atoms with E-state index in [9.17, 15) is 18.0 Å². The molecule has 232 valence electrons. The number of carbonyl (C=O) groups excluding carboxylic acids is 1. The van der Waals surface area contributed by atoms with Crippen molar-refractivity contribution >= 4 is 29.5 Å². The molecule has 9 heteroatoms. The SMILES string of the molecule is Cn1c(-c2ccccc2OC(F)(F)F)cc2ccc(OC(C)(S)CC(C)(C)OC(=O)C(CC(C)(C)C)C(C)(C)C)cc21. The molecular formula is C33H44F3NO4S. The summed E-state index contributed by atoms with van der Waals surface area (Å²) in [7, 11) is 1.78. The monoisotopic (exact) mass is 607 g/mol. The van der Waals surface area contributed by atoms with E-state index in [1.54, 1.807) is 29.8 Å². The van der Waals surface area contributed by atoms with Gasteiger partial charge in [-0.3, -0.25) is 4.79 Å². The fraction of sp³-hybridized carbons (Fsp3) is 0.545. The highest BCUT2D eigenvalue weighted by molar-refractivity contribution is 7.81. The second-order valence-electron chi connectivity index (χ2n) is 14.2. The Morgan fingerprint density at radius 2 is 1.52 bits per heavy atom. The first kappa shape index (κ1) is 33.7. The Hall–Kier alpha value is -2.81. The van der Waals surface area contributed by atoms with E-state index < -0.39 is 16.9 Å². The number of esters is 1. The van der Waals surface area contributed by atoms with Crippen molar-refractivity contribution in [1.29, 1.82) is 0 Å². The Morgan fingerprint density at radius 3 is 2.10 bits per heavy atom. The smallest absolute Gasteiger partial charge is 0.477 e. The molecule has 0 aliphatic carbocycles. The lowest BCUT2D eigenvalue weighted by atomic mass is 9.72. The van der Waals surface area contributed by atoms with Crippen LogP contribution in [-0.4, -0.2) is 27.4 Å². The number of nitrogens with zero attached hydrogens (tertiary/aromatic N) is 1. The summed E-state index contributed by atoms with van der Waals surface area (Å²) in [5, 5.41) is 0.823. The van der Waals surface area contributed by atoms with Crippen LogP contribution in [0.2, 0.25) is 0 Å². The maximum atomic E-state index is 13.4. The first-order valence-electron chi connectivity index (χ1n) is 14.1. The minimum absolute atomic E-state index is 0.0365. The maximum absolute atomic E-state index is 13.4. The molecule has 5 nitrogen and oxygen atoms in total. The summed E-state index contributed by atoms with van der Waals surface area (Å²) in [4.78, 5) is 12.4. The van der Waals surface area contributed by atoms with Crippen molar-refractivity contribution in [1.82, 2.24) is 4.57 Å². The predicted octanol–water partition coefficient (Wildman–Crippen LogP) is 9.58. The Labute approximate surface area is 253 Å². The molecule has 0 N–H and O–H groups in total. The standard InChI is InChI=1S/C33H44F3NO4S/c1-29(2,3)19-24(30(4,5)6)28(38)41-31(7,8)20-32(9,42)39-22-16-15-21-17-26(37(10)25(21)18-22)23-13-11-12-14-27(23)40-33(34,35)36/h11-18,24,42H,19-20H2,1-10H3. The predicted molar refractivity (Wildman–Crippen MR) is 165 cm³/mol. The number of carbonyl (C=O) groups is 1. The molecule has 2 aromatic carbocycles. The molecule has 2 atom stereocenters. The number of aryl methyl sites for hydroxylation is 1. The van der Waals surface area contributed by atoms with Crippen molar-refractivity contribution in [2.75, 3.05) is 0 Å². The molecule has 0 saturated heterocycles. The number of alkyl halides is 3. The fourth-order valence-corrected chi connectivity index (χ4v) is 5.82. The quantitative estimate of drug-likeness (QED) is 0.150. The van der Waals surface area contributed by atoms with E-state index in [2.05, 4.69) is 46.3 Å². The van der Waals surface area contributed by atoms with Crippen LogP contribution in [0.4, 0.5) is 13.2 Å². The second kappa shape index (κ2) is 11.7. The molecule has 1 aromatic heterocycles. The highest BCUT2D eigenvalue weighted by atomic mass is 32.1. The van der Waals surface area contributed by atoms with Gasteiger partial charge in [-0.15, -0.1) is 25.8 Å². The molecule has 3 aromatic rings. The minimum atomic E-state index is -4.80. The summed E-state index contributed by atoms with van der Waals surface area (Å²) in [5.74, 6) is -0.262. The van der Waals surface area contributed by atoms with Gasteiger partial charge in [0.05, 0.1) is 17.1 Å². The molecule has 0 aliphatic heterocycles. The fourth-order valence-electron chi connectivity index (χ4n) is 5.34. The number of ether oxygens (including phenoxy) is 3. The third-order valence-corrected chi connectivity index (χ3v) is 7.27. The highest BCUT2D eigenvalue weighted by Crippen LogP contribution is 2.40. The molecule has 0 amide bonds. The van der Waals surface area contributed by atoms with Gasteiger partial charge in [-0.1, -0.05) is 53.7 Å². The Kier molecular flexibility index (Phi) is 9.39. The number of thiol groups is 1. The summed E-state index contributed by atoms with van der Waals surface area (Å²) < 4.78 is 57.5. The average Bonchev–Trinajstić information content (AvgIpc) is 3.09. The number of benzene rings is 2. The molecule has 0 fully saturated rings. The molecule has 2 unspecified atom stereocenters. The summed E-state index contributed by atoms with van der Waals surface area (Å²) in [5.41, 5.74) is 0.481. The average molecular weight is 608 g/mol. The van der Waals surface area contributed by atoms with E-state index in [1.165, 1.54) is 12.1 Å². The van der Waals surface area contributed by atoms with E-state index in [-0.39, 0.29) is 28.5 Å². The van der Waals surface area contributed by atoms with Crippen molar-refractivity contribution in [2.24, 2.45) is 23.8 Å². The molecule has 3 rings (SSSR count). The Balaban J connectivity index is 1.82. The number of aromatic nitrogens is 1. The zero-order valence-corrected chi connectivity index (χ0v) is 27.2. The topological polar surface area (TPSA) is 49.7 Å². The van der Waals surface area contributed by atoms with Crippen molar-refractivity contribution in [3.8, 4) is 22.8 Å². The van der Waals surface area contributed by atoms with Crippen LogP contribution >= 0.6 is 12.6 Å². The second-order valence-corrected chi connectivity index (χ2v) is 15.1. The zero-order chi connectivity index (χ0) is 31.9. The van der Waals surface area contributed by atoms with E-state index in [0.717, 1.165) is 10.9 Å². The molecule has 1 heterocycles. The largest absolute Gasteiger partial charge is 0.573 e.